The van der Waals surface area contributed by atoms with Gasteiger partial charge in [-0.05, 0) is 48.9 Å². The highest BCUT2D eigenvalue weighted by atomic mass is 32.2. The van der Waals surface area contributed by atoms with E-state index in [1.54, 1.807) is 12.1 Å². The Kier molecular flexibility index (Phi) is 6.21. The molecule has 0 unspecified atom stereocenters. The summed E-state index contributed by atoms with van der Waals surface area (Å²) in [7, 11) is -3.62. The molecule has 1 aromatic heterocycles. The zero-order chi connectivity index (χ0) is 20.4. The average Bonchev–Trinajstić information content (AvgIpc) is 3.10. The quantitative estimate of drug-likeness (QED) is 0.746. The summed E-state index contributed by atoms with van der Waals surface area (Å²) in [5.74, 6) is -0.261. The maximum Gasteiger partial charge on any atom is 0.240 e. The lowest BCUT2D eigenvalue weighted by Gasteiger charge is -2.16. The van der Waals surface area contributed by atoms with Crippen molar-refractivity contribution in [1.29, 1.82) is 0 Å². The lowest BCUT2D eigenvalue weighted by molar-refractivity contribution is -0.116. The molecule has 0 bridgehead atoms. The Balaban J connectivity index is 1.53. The SMILES string of the molecule is CC(C)(C)c1csc(NC(=O)CCNS(=O)(=O)c2ccc3c(c2)CCCC3)n1. The maximum atomic E-state index is 12.5. The molecule has 0 atom stereocenters. The number of anilines is 1. The molecule has 1 aliphatic rings. The Morgan fingerprint density at radius 1 is 1.18 bits per heavy atom. The van der Waals surface area contributed by atoms with Gasteiger partial charge < -0.3 is 5.32 Å². The van der Waals surface area contributed by atoms with Crippen LogP contribution in [0.2, 0.25) is 0 Å². The topological polar surface area (TPSA) is 88.2 Å². The number of thiazole rings is 1. The first-order valence-electron chi connectivity index (χ1n) is 9.52. The van der Waals surface area contributed by atoms with Crippen molar-refractivity contribution in [2.75, 3.05) is 11.9 Å². The van der Waals surface area contributed by atoms with Crippen molar-refractivity contribution in [3.05, 3.63) is 40.4 Å². The van der Waals surface area contributed by atoms with E-state index in [1.165, 1.54) is 16.9 Å². The van der Waals surface area contributed by atoms with Gasteiger partial charge in [0.25, 0.3) is 0 Å². The third-order valence-corrected chi connectivity index (χ3v) is 7.01. The van der Waals surface area contributed by atoms with Gasteiger partial charge in [-0.25, -0.2) is 18.1 Å². The number of aryl methyl sites for hydroxylation is 2. The van der Waals surface area contributed by atoms with Gasteiger partial charge in [-0.15, -0.1) is 11.3 Å². The first-order valence-corrected chi connectivity index (χ1v) is 11.9. The largest absolute Gasteiger partial charge is 0.302 e. The van der Waals surface area contributed by atoms with Gasteiger partial charge >= 0.3 is 0 Å². The van der Waals surface area contributed by atoms with Crippen LogP contribution in [0.5, 0.6) is 0 Å². The third-order valence-electron chi connectivity index (χ3n) is 4.79. The molecule has 28 heavy (non-hydrogen) atoms. The number of aromatic nitrogens is 1. The van der Waals surface area contributed by atoms with E-state index in [1.807, 2.05) is 11.4 Å². The van der Waals surface area contributed by atoms with Crippen LogP contribution < -0.4 is 10.0 Å². The van der Waals surface area contributed by atoms with Crippen LogP contribution in [0.1, 0.15) is 56.9 Å². The molecule has 0 radical (unpaired) electrons. The highest BCUT2D eigenvalue weighted by Gasteiger charge is 2.19. The molecule has 152 valence electrons. The van der Waals surface area contributed by atoms with E-state index in [0.717, 1.165) is 36.9 Å². The zero-order valence-electron chi connectivity index (χ0n) is 16.5. The summed E-state index contributed by atoms with van der Waals surface area (Å²) in [6.07, 6.45) is 4.23. The summed E-state index contributed by atoms with van der Waals surface area (Å²) in [4.78, 5) is 16.8. The second-order valence-corrected chi connectivity index (χ2v) is 10.7. The lowest BCUT2D eigenvalue weighted by Crippen LogP contribution is -2.28. The van der Waals surface area contributed by atoms with E-state index in [2.05, 4.69) is 35.8 Å². The number of hydrogen-bond acceptors (Lipinski definition) is 5. The van der Waals surface area contributed by atoms with E-state index in [4.69, 9.17) is 0 Å². The lowest BCUT2D eigenvalue weighted by atomic mass is 9.92. The van der Waals surface area contributed by atoms with Crippen molar-refractivity contribution in [2.24, 2.45) is 0 Å². The van der Waals surface area contributed by atoms with Crippen LogP contribution in [0.4, 0.5) is 5.13 Å². The van der Waals surface area contributed by atoms with E-state index in [-0.39, 0.29) is 29.2 Å². The third kappa shape index (κ3) is 5.18. The molecule has 0 aliphatic heterocycles. The van der Waals surface area contributed by atoms with Gasteiger partial charge in [0.1, 0.15) is 0 Å². The smallest absolute Gasteiger partial charge is 0.240 e. The van der Waals surface area contributed by atoms with Crippen LogP contribution in [0.25, 0.3) is 0 Å². The van der Waals surface area contributed by atoms with Crippen molar-refractivity contribution < 1.29 is 13.2 Å². The standard InChI is InChI=1S/C20H27N3O3S2/c1-20(2,3)17-13-27-19(22-17)23-18(24)10-11-21-28(25,26)16-9-8-14-6-4-5-7-15(14)12-16/h8-9,12-13,21H,4-7,10-11H2,1-3H3,(H,22,23,24). The van der Waals surface area contributed by atoms with Gasteiger partial charge in [0.15, 0.2) is 5.13 Å². The Morgan fingerprint density at radius 2 is 1.89 bits per heavy atom. The highest BCUT2D eigenvalue weighted by Crippen LogP contribution is 2.26. The van der Waals surface area contributed by atoms with Crippen LogP contribution in [0.15, 0.2) is 28.5 Å². The molecule has 1 aliphatic carbocycles. The number of fused-ring (bicyclic) bond motifs is 1. The van der Waals surface area contributed by atoms with E-state index >= 15 is 0 Å². The van der Waals surface area contributed by atoms with Gasteiger partial charge in [0.2, 0.25) is 15.9 Å². The Hall–Kier alpha value is -1.77. The fourth-order valence-electron chi connectivity index (χ4n) is 3.12. The maximum absolute atomic E-state index is 12.5. The number of carbonyl (C=O) groups is 1. The van der Waals surface area contributed by atoms with Crippen LogP contribution in [-0.2, 0) is 33.1 Å². The highest BCUT2D eigenvalue weighted by molar-refractivity contribution is 7.89. The molecule has 2 N–H and O–H groups in total. The average molecular weight is 422 g/mol. The molecule has 1 heterocycles. The summed E-state index contributed by atoms with van der Waals surface area (Å²) in [5, 5.41) is 5.19. The van der Waals surface area contributed by atoms with Crippen molar-refractivity contribution in [3.63, 3.8) is 0 Å². The molecule has 1 amide bonds. The number of amides is 1. The Labute approximate surface area is 170 Å². The van der Waals surface area contributed by atoms with Crippen molar-refractivity contribution in [2.45, 2.75) is 63.2 Å². The molecule has 1 aromatic carbocycles. The normalized spacial score (nSPS) is 14.5. The predicted octanol–water partition coefficient (Wildman–Crippen LogP) is 3.63. The van der Waals surface area contributed by atoms with Gasteiger partial charge in [0, 0.05) is 23.8 Å². The first kappa shape index (κ1) is 21.0. The molecule has 3 rings (SSSR count). The minimum absolute atomic E-state index is 0.0444. The summed E-state index contributed by atoms with van der Waals surface area (Å²) < 4.78 is 27.6. The van der Waals surface area contributed by atoms with Crippen LogP contribution in [0.3, 0.4) is 0 Å². The van der Waals surface area contributed by atoms with Crippen LogP contribution in [-0.4, -0.2) is 25.9 Å². The second kappa shape index (κ2) is 8.31. The Bertz CT molecular complexity index is 959. The molecule has 0 saturated carbocycles. The molecule has 8 heteroatoms. The van der Waals surface area contributed by atoms with E-state index < -0.39 is 10.0 Å². The van der Waals surface area contributed by atoms with E-state index in [0.29, 0.717) is 5.13 Å². The zero-order valence-corrected chi connectivity index (χ0v) is 18.2. The molecule has 0 fully saturated rings. The number of sulfonamides is 1. The molecule has 6 nitrogen and oxygen atoms in total. The molecule has 0 saturated heterocycles. The van der Waals surface area contributed by atoms with Crippen LogP contribution in [0, 0.1) is 0 Å². The molecular formula is C20H27N3O3S2. The predicted molar refractivity (Wildman–Crippen MR) is 112 cm³/mol. The first-order chi connectivity index (χ1) is 13.1. The van der Waals surface area contributed by atoms with Crippen LogP contribution >= 0.6 is 11.3 Å². The second-order valence-electron chi connectivity index (χ2n) is 8.12. The molecule has 0 spiro atoms. The number of hydrogen-bond donors (Lipinski definition) is 2. The van der Waals surface area contributed by atoms with Gasteiger partial charge in [0.05, 0.1) is 10.6 Å². The monoisotopic (exact) mass is 421 g/mol. The van der Waals surface area contributed by atoms with Gasteiger partial charge in [-0.1, -0.05) is 26.8 Å². The summed E-state index contributed by atoms with van der Waals surface area (Å²) in [6, 6.07) is 5.32. The number of rotatable bonds is 6. The summed E-state index contributed by atoms with van der Waals surface area (Å²) >= 11 is 1.37. The number of nitrogens with zero attached hydrogens (tertiary/aromatic N) is 1. The van der Waals surface area contributed by atoms with Gasteiger partial charge in [-0.3, -0.25) is 4.79 Å². The fourth-order valence-corrected chi connectivity index (χ4v) is 5.15. The molecular weight excluding hydrogens is 394 g/mol. The summed E-state index contributed by atoms with van der Waals surface area (Å²) in [6.45, 7) is 6.22. The van der Waals surface area contributed by atoms with E-state index in [9.17, 15) is 13.2 Å². The molecule has 2 aromatic rings. The van der Waals surface area contributed by atoms with Crippen molar-refractivity contribution in [1.82, 2.24) is 9.71 Å². The van der Waals surface area contributed by atoms with Gasteiger partial charge in [-0.2, -0.15) is 0 Å². The number of carbonyl (C=O) groups excluding carboxylic acids is 1. The van der Waals surface area contributed by atoms with Crippen molar-refractivity contribution in [3.8, 4) is 0 Å². The fraction of sp³-hybridized carbons (Fsp3) is 0.500. The summed E-state index contributed by atoms with van der Waals surface area (Å²) in [5.41, 5.74) is 3.19. The minimum atomic E-state index is -3.62. The number of benzene rings is 1. The minimum Gasteiger partial charge on any atom is -0.302 e. The van der Waals surface area contributed by atoms with Crippen molar-refractivity contribution >= 4 is 32.4 Å². The Morgan fingerprint density at radius 3 is 2.57 bits per heavy atom. The number of nitrogens with one attached hydrogen (secondary N) is 2.